The third kappa shape index (κ3) is 3.02. The summed E-state index contributed by atoms with van der Waals surface area (Å²) in [6.45, 7) is 7.33. The zero-order valence-corrected chi connectivity index (χ0v) is 14.1. The Kier molecular flexibility index (Phi) is 4.92. The number of fused-ring (bicyclic) bond motifs is 2. The van der Waals surface area contributed by atoms with Gasteiger partial charge >= 0.3 is 0 Å². The number of hydrazine groups is 1. The fraction of sp³-hybridized carbons (Fsp3) is 1.00. The molecule has 1 saturated heterocycles. The fourth-order valence-electron chi connectivity index (χ4n) is 5.56. The molecular weight excluding hydrogens is 258 g/mol. The first kappa shape index (κ1) is 15.8. The van der Waals surface area contributed by atoms with E-state index >= 15 is 0 Å². The van der Waals surface area contributed by atoms with Crippen molar-refractivity contribution in [1.82, 2.24) is 10.3 Å². The molecule has 3 aliphatic rings. The van der Waals surface area contributed by atoms with Crippen LogP contribution in [0.15, 0.2) is 0 Å². The van der Waals surface area contributed by atoms with Gasteiger partial charge in [-0.05, 0) is 82.7 Å². The van der Waals surface area contributed by atoms with E-state index in [4.69, 9.17) is 5.84 Å². The van der Waals surface area contributed by atoms with Crippen molar-refractivity contribution in [2.24, 2.45) is 23.6 Å². The van der Waals surface area contributed by atoms with Crippen molar-refractivity contribution in [1.29, 1.82) is 0 Å². The van der Waals surface area contributed by atoms with E-state index in [9.17, 15) is 0 Å². The Hall–Kier alpha value is -0.120. The molecule has 2 aliphatic carbocycles. The van der Waals surface area contributed by atoms with E-state index in [1.54, 1.807) is 0 Å². The topological polar surface area (TPSA) is 41.3 Å². The SMILES string of the molecule is CCC(C)(C(CC1CC2CCC1C2)NN)N1CCCCC1. The number of rotatable bonds is 6. The number of nitrogens with zero attached hydrogens (tertiary/aromatic N) is 1. The largest absolute Gasteiger partial charge is 0.296 e. The maximum atomic E-state index is 6.04. The standard InChI is InChI=1S/C18H35N3/c1-3-18(2,21-9-5-4-6-10-21)17(20-19)13-16-12-14-7-8-15(16)11-14/h14-17,20H,3-13,19H2,1-2H3. The summed E-state index contributed by atoms with van der Waals surface area (Å²) in [7, 11) is 0. The number of nitrogens with one attached hydrogen (secondary N) is 1. The fourth-order valence-corrected chi connectivity index (χ4v) is 5.56. The van der Waals surface area contributed by atoms with Gasteiger partial charge in [-0.2, -0.15) is 0 Å². The van der Waals surface area contributed by atoms with Crippen LogP contribution in [-0.4, -0.2) is 29.6 Å². The molecule has 122 valence electrons. The molecule has 0 spiro atoms. The van der Waals surface area contributed by atoms with Crippen LogP contribution in [0.3, 0.4) is 0 Å². The lowest BCUT2D eigenvalue weighted by atomic mass is 9.77. The van der Waals surface area contributed by atoms with Gasteiger partial charge in [-0.3, -0.25) is 16.2 Å². The van der Waals surface area contributed by atoms with Crippen LogP contribution < -0.4 is 11.3 Å². The van der Waals surface area contributed by atoms with Gasteiger partial charge in [0.2, 0.25) is 0 Å². The number of likely N-dealkylation sites (tertiary alicyclic amines) is 1. The molecule has 2 saturated carbocycles. The van der Waals surface area contributed by atoms with Crippen LogP contribution in [0.5, 0.6) is 0 Å². The molecule has 3 fully saturated rings. The monoisotopic (exact) mass is 293 g/mol. The average Bonchev–Trinajstić information content (AvgIpc) is 3.15. The third-order valence-corrected chi connectivity index (χ3v) is 7.17. The van der Waals surface area contributed by atoms with Crippen LogP contribution in [0.25, 0.3) is 0 Å². The molecule has 1 heterocycles. The molecule has 3 heteroatoms. The lowest BCUT2D eigenvalue weighted by molar-refractivity contribution is 0.0315. The van der Waals surface area contributed by atoms with Gasteiger partial charge in [0.1, 0.15) is 0 Å². The molecule has 0 aromatic rings. The van der Waals surface area contributed by atoms with Crippen molar-refractivity contribution in [2.75, 3.05) is 13.1 Å². The van der Waals surface area contributed by atoms with E-state index in [1.807, 2.05) is 0 Å². The van der Waals surface area contributed by atoms with Crippen LogP contribution in [0.4, 0.5) is 0 Å². The summed E-state index contributed by atoms with van der Waals surface area (Å²) in [6, 6.07) is 0.449. The van der Waals surface area contributed by atoms with Crippen LogP contribution >= 0.6 is 0 Å². The van der Waals surface area contributed by atoms with Crippen molar-refractivity contribution in [2.45, 2.75) is 83.2 Å². The summed E-state index contributed by atoms with van der Waals surface area (Å²) in [6.07, 6.45) is 12.6. The number of piperidine rings is 1. The molecule has 2 bridgehead atoms. The van der Waals surface area contributed by atoms with Crippen molar-refractivity contribution < 1.29 is 0 Å². The van der Waals surface area contributed by atoms with E-state index in [0.29, 0.717) is 6.04 Å². The lowest BCUT2D eigenvalue weighted by Crippen LogP contribution is -2.62. The van der Waals surface area contributed by atoms with Gasteiger partial charge in [-0.25, -0.2) is 0 Å². The molecule has 0 aromatic heterocycles. The van der Waals surface area contributed by atoms with Gasteiger partial charge in [0.05, 0.1) is 0 Å². The van der Waals surface area contributed by atoms with E-state index in [-0.39, 0.29) is 5.54 Å². The summed E-state index contributed by atoms with van der Waals surface area (Å²) in [5, 5.41) is 0. The summed E-state index contributed by atoms with van der Waals surface area (Å²) < 4.78 is 0. The Morgan fingerprint density at radius 1 is 1.19 bits per heavy atom. The van der Waals surface area contributed by atoms with Gasteiger partial charge in [0, 0.05) is 11.6 Å². The first-order valence-corrected chi connectivity index (χ1v) is 9.38. The molecule has 3 rings (SSSR count). The first-order chi connectivity index (χ1) is 10.2. The van der Waals surface area contributed by atoms with Crippen LogP contribution in [0.2, 0.25) is 0 Å². The molecule has 5 atom stereocenters. The van der Waals surface area contributed by atoms with Gasteiger partial charge in [-0.15, -0.1) is 0 Å². The number of nitrogens with two attached hydrogens (primary N) is 1. The minimum Gasteiger partial charge on any atom is -0.296 e. The maximum Gasteiger partial charge on any atom is 0.0394 e. The van der Waals surface area contributed by atoms with E-state index < -0.39 is 0 Å². The minimum atomic E-state index is 0.233. The molecule has 0 aromatic carbocycles. The van der Waals surface area contributed by atoms with E-state index in [1.165, 1.54) is 70.9 Å². The van der Waals surface area contributed by atoms with Crippen molar-refractivity contribution in [3.8, 4) is 0 Å². The highest BCUT2D eigenvalue weighted by molar-refractivity contribution is 5.00. The van der Waals surface area contributed by atoms with Crippen LogP contribution in [0, 0.1) is 17.8 Å². The molecule has 0 radical (unpaired) electrons. The van der Waals surface area contributed by atoms with Crippen molar-refractivity contribution >= 4 is 0 Å². The first-order valence-electron chi connectivity index (χ1n) is 9.38. The number of hydrogen-bond acceptors (Lipinski definition) is 3. The van der Waals surface area contributed by atoms with Gasteiger partial charge in [-0.1, -0.05) is 19.8 Å². The van der Waals surface area contributed by atoms with E-state index in [2.05, 4.69) is 24.2 Å². The molecule has 5 unspecified atom stereocenters. The Morgan fingerprint density at radius 3 is 2.48 bits per heavy atom. The maximum absolute atomic E-state index is 6.04. The molecule has 0 amide bonds. The zero-order chi connectivity index (χ0) is 14.9. The Morgan fingerprint density at radius 2 is 1.95 bits per heavy atom. The zero-order valence-electron chi connectivity index (χ0n) is 14.1. The third-order valence-electron chi connectivity index (χ3n) is 7.17. The van der Waals surface area contributed by atoms with E-state index in [0.717, 1.165) is 17.8 Å². The van der Waals surface area contributed by atoms with Crippen LogP contribution in [0.1, 0.15) is 71.6 Å². The van der Waals surface area contributed by atoms with Gasteiger partial charge < -0.3 is 0 Å². The summed E-state index contributed by atoms with van der Waals surface area (Å²) in [4.78, 5) is 2.73. The van der Waals surface area contributed by atoms with Crippen molar-refractivity contribution in [3.05, 3.63) is 0 Å². The second kappa shape index (κ2) is 6.55. The molecule has 3 N–H and O–H groups in total. The van der Waals surface area contributed by atoms with Crippen LogP contribution in [-0.2, 0) is 0 Å². The Labute approximate surface area is 131 Å². The van der Waals surface area contributed by atoms with Crippen molar-refractivity contribution in [3.63, 3.8) is 0 Å². The minimum absolute atomic E-state index is 0.233. The molecule has 1 aliphatic heterocycles. The Balaban J connectivity index is 1.67. The van der Waals surface area contributed by atoms with Gasteiger partial charge in [0.25, 0.3) is 0 Å². The summed E-state index contributed by atoms with van der Waals surface area (Å²) in [5.74, 6) is 9.02. The highest BCUT2D eigenvalue weighted by atomic mass is 15.3. The second-order valence-corrected chi connectivity index (χ2v) is 8.15. The molecule has 3 nitrogen and oxygen atoms in total. The Bertz CT molecular complexity index is 339. The highest BCUT2D eigenvalue weighted by Gasteiger charge is 2.44. The predicted molar refractivity (Wildman–Crippen MR) is 88.8 cm³/mol. The average molecular weight is 293 g/mol. The smallest absolute Gasteiger partial charge is 0.0394 e. The van der Waals surface area contributed by atoms with Gasteiger partial charge in [0.15, 0.2) is 0 Å². The second-order valence-electron chi connectivity index (χ2n) is 8.15. The summed E-state index contributed by atoms with van der Waals surface area (Å²) >= 11 is 0. The molecule has 21 heavy (non-hydrogen) atoms. The number of hydrogen-bond donors (Lipinski definition) is 2. The molecular formula is C18H35N3. The normalized spacial score (nSPS) is 37.6. The highest BCUT2D eigenvalue weighted by Crippen LogP contribution is 2.50. The lowest BCUT2D eigenvalue weighted by Gasteiger charge is -2.48. The summed E-state index contributed by atoms with van der Waals surface area (Å²) in [5.41, 5.74) is 3.47. The quantitative estimate of drug-likeness (QED) is 0.583. The predicted octanol–water partition coefficient (Wildman–Crippen LogP) is 3.30.